The number of carbonyl (C=O) groups is 2. The standard InChI is InChI=1S/C22H28N4O3/c1-25(2)21(28)18-12-23-24-20(18)16-8-5-9-26(13-16)22(29)17-10-14-6-3-4-7-15(14)11-19(17)27/h10-12,16,27H,3-9,13H2,1-2H3,(H,23,24). The number of H-pyrrole nitrogens is 1. The van der Waals surface area contributed by atoms with Gasteiger partial charge in [0.25, 0.3) is 11.8 Å². The van der Waals surface area contributed by atoms with Crippen molar-refractivity contribution in [3.8, 4) is 5.75 Å². The van der Waals surface area contributed by atoms with Gasteiger partial charge in [-0.25, -0.2) is 0 Å². The highest BCUT2D eigenvalue weighted by atomic mass is 16.3. The van der Waals surface area contributed by atoms with Crippen molar-refractivity contribution in [1.29, 1.82) is 0 Å². The molecule has 4 rings (SSSR count). The summed E-state index contributed by atoms with van der Waals surface area (Å²) in [5.41, 5.74) is 4.08. The zero-order valence-electron chi connectivity index (χ0n) is 17.1. The number of nitrogens with zero attached hydrogens (tertiary/aromatic N) is 3. The molecular weight excluding hydrogens is 368 g/mol. The van der Waals surface area contributed by atoms with E-state index in [2.05, 4.69) is 10.2 Å². The van der Waals surface area contributed by atoms with Crippen LogP contribution in [0.4, 0.5) is 0 Å². The number of nitrogens with one attached hydrogen (secondary N) is 1. The maximum absolute atomic E-state index is 13.2. The van der Waals surface area contributed by atoms with E-state index in [0.717, 1.165) is 49.8 Å². The van der Waals surface area contributed by atoms with Crippen LogP contribution in [0.2, 0.25) is 0 Å². The van der Waals surface area contributed by atoms with Gasteiger partial charge >= 0.3 is 0 Å². The summed E-state index contributed by atoms with van der Waals surface area (Å²) in [6.45, 7) is 1.15. The number of piperidine rings is 1. The third-order valence-corrected chi connectivity index (χ3v) is 6.11. The number of hydrogen-bond acceptors (Lipinski definition) is 4. The van der Waals surface area contributed by atoms with Crippen molar-refractivity contribution in [1.82, 2.24) is 20.0 Å². The molecular formula is C22H28N4O3. The van der Waals surface area contributed by atoms with Crippen LogP contribution in [0.3, 0.4) is 0 Å². The summed E-state index contributed by atoms with van der Waals surface area (Å²) in [5.74, 6) is -0.137. The molecule has 2 aliphatic rings. The number of aryl methyl sites for hydroxylation is 2. The van der Waals surface area contributed by atoms with Crippen molar-refractivity contribution in [3.63, 3.8) is 0 Å². The normalized spacial score (nSPS) is 19.0. The number of amides is 2. The van der Waals surface area contributed by atoms with Gasteiger partial charge in [0.2, 0.25) is 0 Å². The summed E-state index contributed by atoms with van der Waals surface area (Å²) in [7, 11) is 3.43. The summed E-state index contributed by atoms with van der Waals surface area (Å²) < 4.78 is 0. The number of carbonyl (C=O) groups excluding carboxylic acids is 2. The summed E-state index contributed by atoms with van der Waals surface area (Å²) in [6.07, 6.45) is 7.47. The summed E-state index contributed by atoms with van der Waals surface area (Å²) in [6, 6.07) is 3.65. The second-order valence-electron chi connectivity index (χ2n) is 8.33. The third-order valence-electron chi connectivity index (χ3n) is 6.11. The summed E-state index contributed by atoms with van der Waals surface area (Å²) in [5, 5.41) is 17.5. The van der Waals surface area contributed by atoms with E-state index in [1.807, 2.05) is 6.07 Å². The number of likely N-dealkylation sites (tertiary alicyclic amines) is 1. The lowest BCUT2D eigenvalue weighted by Gasteiger charge is -2.33. The molecule has 154 valence electrons. The van der Waals surface area contributed by atoms with Gasteiger partial charge in [0, 0.05) is 33.1 Å². The minimum absolute atomic E-state index is 0.0221. The zero-order chi connectivity index (χ0) is 20.5. The number of benzene rings is 1. The molecule has 29 heavy (non-hydrogen) atoms. The number of aromatic amines is 1. The molecule has 7 heteroatoms. The minimum atomic E-state index is -0.138. The van der Waals surface area contributed by atoms with Gasteiger partial charge in [0.1, 0.15) is 5.75 Å². The lowest BCUT2D eigenvalue weighted by atomic mass is 9.89. The number of hydrogen-bond donors (Lipinski definition) is 2. The molecule has 1 aliphatic heterocycles. The summed E-state index contributed by atoms with van der Waals surface area (Å²) >= 11 is 0. The van der Waals surface area contributed by atoms with Crippen LogP contribution in [0, 0.1) is 0 Å². The van der Waals surface area contributed by atoms with E-state index >= 15 is 0 Å². The van der Waals surface area contributed by atoms with E-state index in [1.165, 1.54) is 10.5 Å². The van der Waals surface area contributed by atoms with Crippen molar-refractivity contribution in [3.05, 3.63) is 46.3 Å². The Morgan fingerprint density at radius 3 is 2.59 bits per heavy atom. The number of fused-ring (bicyclic) bond motifs is 1. The maximum atomic E-state index is 13.2. The number of aromatic nitrogens is 2. The molecule has 0 spiro atoms. The van der Waals surface area contributed by atoms with Crippen molar-refractivity contribution in [2.24, 2.45) is 0 Å². The molecule has 1 fully saturated rings. The van der Waals surface area contributed by atoms with Crippen LogP contribution in [-0.4, -0.2) is 64.1 Å². The van der Waals surface area contributed by atoms with E-state index in [0.29, 0.717) is 24.2 Å². The van der Waals surface area contributed by atoms with Crippen molar-refractivity contribution < 1.29 is 14.7 Å². The smallest absolute Gasteiger partial charge is 0.257 e. The molecule has 1 atom stereocenters. The van der Waals surface area contributed by atoms with Gasteiger partial charge in [-0.05, 0) is 61.8 Å². The fourth-order valence-corrected chi connectivity index (χ4v) is 4.53. The monoisotopic (exact) mass is 396 g/mol. The zero-order valence-corrected chi connectivity index (χ0v) is 17.1. The van der Waals surface area contributed by atoms with Crippen molar-refractivity contribution >= 4 is 11.8 Å². The molecule has 1 aliphatic carbocycles. The first kappa shape index (κ1) is 19.5. The number of phenolic OH excluding ortho intramolecular Hbond substituents is 1. The van der Waals surface area contributed by atoms with Crippen LogP contribution in [0.25, 0.3) is 0 Å². The van der Waals surface area contributed by atoms with Crippen LogP contribution in [0.15, 0.2) is 18.3 Å². The second-order valence-corrected chi connectivity index (χ2v) is 8.33. The van der Waals surface area contributed by atoms with Crippen LogP contribution in [0.1, 0.15) is 69.1 Å². The Morgan fingerprint density at radius 1 is 1.14 bits per heavy atom. The van der Waals surface area contributed by atoms with Gasteiger partial charge < -0.3 is 14.9 Å². The largest absolute Gasteiger partial charge is 0.507 e. The molecule has 2 N–H and O–H groups in total. The van der Waals surface area contributed by atoms with E-state index in [4.69, 9.17) is 0 Å². The highest BCUT2D eigenvalue weighted by molar-refractivity contribution is 5.97. The third kappa shape index (κ3) is 3.73. The minimum Gasteiger partial charge on any atom is -0.507 e. The molecule has 7 nitrogen and oxygen atoms in total. The first-order valence-corrected chi connectivity index (χ1v) is 10.3. The van der Waals surface area contributed by atoms with Gasteiger partial charge in [-0.1, -0.05) is 0 Å². The highest BCUT2D eigenvalue weighted by Crippen LogP contribution is 2.32. The van der Waals surface area contributed by atoms with Gasteiger partial charge in [-0.2, -0.15) is 5.10 Å². The molecule has 1 saturated heterocycles. The predicted octanol–water partition coefficient (Wildman–Crippen LogP) is 2.72. The van der Waals surface area contributed by atoms with E-state index in [9.17, 15) is 14.7 Å². The van der Waals surface area contributed by atoms with Crippen LogP contribution in [-0.2, 0) is 12.8 Å². The fourth-order valence-electron chi connectivity index (χ4n) is 4.53. The van der Waals surface area contributed by atoms with Crippen LogP contribution < -0.4 is 0 Å². The number of rotatable bonds is 3. The SMILES string of the molecule is CN(C)C(=O)c1cn[nH]c1C1CCCN(C(=O)c2cc3c(cc2O)CCCC3)C1. The average molecular weight is 396 g/mol. The molecule has 2 heterocycles. The van der Waals surface area contributed by atoms with Gasteiger partial charge in [-0.15, -0.1) is 0 Å². The Morgan fingerprint density at radius 2 is 1.86 bits per heavy atom. The first-order chi connectivity index (χ1) is 14.0. The molecule has 2 amide bonds. The van der Waals surface area contributed by atoms with Gasteiger partial charge in [-0.3, -0.25) is 14.7 Å². The Balaban J connectivity index is 1.56. The van der Waals surface area contributed by atoms with Gasteiger partial charge in [0.05, 0.1) is 23.0 Å². The number of phenols is 1. The number of aromatic hydroxyl groups is 1. The highest BCUT2D eigenvalue weighted by Gasteiger charge is 2.31. The summed E-state index contributed by atoms with van der Waals surface area (Å²) in [4.78, 5) is 29.0. The fraction of sp³-hybridized carbons (Fsp3) is 0.500. The van der Waals surface area contributed by atoms with E-state index in [1.54, 1.807) is 31.3 Å². The predicted molar refractivity (Wildman–Crippen MR) is 109 cm³/mol. The van der Waals surface area contributed by atoms with Crippen LogP contribution >= 0.6 is 0 Å². The Kier molecular flexibility index (Phi) is 5.30. The lowest BCUT2D eigenvalue weighted by molar-refractivity contribution is 0.0702. The van der Waals surface area contributed by atoms with E-state index < -0.39 is 0 Å². The molecule has 1 unspecified atom stereocenters. The van der Waals surface area contributed by atoms with Crippen molar-refractivity contribution in [2.75, 3.05) is 27.2 Å². The quantitative estimate of drug-likeness (QED) is 0.835. The molecule has 1 aromatic carbocycles. The lowest BCUT2D eigenvalue weighted by Crippen LogP contribution is -2.39. The average Bonchev–Trinajstić information content (AvgIpc) is 3.22. The molecule has 0 bridgehead atoms. The van der Waals surface area contributed by atoms with Gasteiger partial charge in [0.15, 0.2) is 0 Å². The first-order valence-electron chi connectivity index (χ1n) is 10.3. The Labute approximate surface area is 170 Å². The Bertz CT molecular complexity index is 934. The molecule has 0 radical (unpaired) electrons. The molecule has 2 aromatic rings. The van der Waals surface area contributed by atoms with Crippen molar-refractivity contribution in [2.45, 2.75) is 44.4 Å². The second kappa shape index (κ2) is 7.89. The maximum Gasteiger partial charge on any atom is 0.257 e. The topological polar surface area (TPSA) is 89.5 Å². The Hall–Kier alpha value is -2.83. The molecule has 1 aromatic heterocycles. The molecule has 0 saturated carbocycles. The van der Waals surface area contributed by atoms with Crippen LogP contribution in [0.5, 0.6) is 5.75 Å². The van der Waals surface area contributed by atoms with E-state index in [-0.39, 0.29) is 23.5 Å².